The molecule has 0 amide bonds. The average Bonchev–Trinajstić information content (AvgIpc) is 2.89. The average molecular weight is 563 g/mol. The summed E-state index contributed by atoms with van der Waals surface area (Å²) in [5.41, 5.74) is 1.67. The highest BCUT2D eigenvalue weighted by Gasteiger charge is 2.28. The highest BCUT2D eigenvalue weighted by Crippen LogP contribution is 2.34. The van der Waals surface area contributed by atoms with E-state index in [9.17, 15) is 18.4 Å². The van der Waals surface area contributed by atoms with E-state index in [4.69, 9.17) is 0 Å². The SMILES string of the molecule is Cl.Cl.O=c1[nH]c2ccccc2c(=O)n1CCN1CCC(C(Nc2ccc(F)cc2)c2ccc(F)cc2)CC1. The number of rotatable bonds is 7. The molecule has 38 heavy (non-hydrogen) atoms. The first-order valence-electron chi connectivity index (χ1n) is 12.2. The molecule has 10 heteroatoms. The summed E-state index contributed by atoms with van der Waals surface area (Å²) < 4.78 is 28.2. The zero-order valence-electron chi connectivity index (χ0n) is 20.6. The minimum absolute atomic E-state index is 0. The van der Waals surface area contributed by atoms with Gasteiger partial charge in [0.2, 0.25) is 0 Å². The van der Waals surface area contributed by atoms with Crippen LogP contribution in [0.4, 0.5) is 14.5 Å². The van der Waals surface area contributed by atoms with Crippen molar-refractivity contribution < 1.29 is 8.78 Å². The van der Waals surface area contributed by atoms with Crippen molar-refractivity contribution in [2.24, 2.45) is 5.92 Å². The number of halogens is 4. The second-order valence-corrected chi connectivity index (χ2v) is 9.29. The van der Waals surface area contributed by atoms with Crippen molar-refractivity contribution in [1.29, 1.82) is 0 Å². The van der Waals surface area contributed by atoms with Crippen molar-refractivity contribution in [3.63, 3.8) is 0 Å². The summed E-state index contributed by atoms with van der Waals surface area (Å²) in [4.78, 5) is 30.3. The maximum absolute atomic E-state index is 13.6. The van der Waals surface area contributed by atoms with Gasteiger partial charge in [-0.3, -0.25) is 9.36 Å². The predicted octanol–water partition coefficient (Wildman–Crippen LogP) is 5.38. The molecule has 2 heterocycles. The monoisotopic (exact) mass is 562 g/mol. The van der Waals surface area contributed by atoms with Crippen LogP contribution < -0.4 is 16.6 Å². The fourth-order valence-electron chi connectivity index (χ4n) is 5.02. The minimum Gasteiger partial charge on any atom is -0.378 e. The number of piperidine rings is 1. The molecule has 202 valence electrons. The van der Waals surface area contributed by atoms with Crippen LogP contribution >= 0.6 is 24.8 Å². The number of aromatic amines is 1. The minimum atomic E-state index is -0.395. The molecule has 1 atom stereocenters. The smallest absolute Gasteiger partial charge is 0.328 e. The Kier molecular flexibility index (Phi) is 10.1. The van der Waals surface area contributed by atoms with Gasteiger partial charge in [-0.05, 0) is 85.9 Å². The number of hydrogen-bond acceptors (Lipinski definition) is 4. The maximum Gasteiger partial charge on any atom is 0.328 e. The number of H-pyrrole nitrogens is 1. The van der Waals surface area contributed by atoms with E-state index in [1.807, 2.05) is 0 Å². The Hall–Kier alpha value is -3.20. The lowest BCUT2D eigenvalue weighted by Gasteiger charge is -2.37. The van der Waals surface area contributed by atoms with E-state index in [0.717, 1.165) is 37.2 Å². The zero-order chi connectivity index (χ0) is 25.1. The molecule has 3 aromatic carbocycles. The third kappa shape index (κ3) is 6.62. The number of para-hydroxylation sites is 1. The first-order valence-corrected chi connectivity index (χ1v) is 12.2. The van der Waals surface area contributed by atoms with Gasteiger partial charge in [-0.2, -0.15) is 0 Å². The van der Waals surface area contributed by atoms with Crippen LogP contribution in [0, 0.1) is 17.6 Å². The molecule has 1 fully saturated rings. The third-order valence-corrected chi connectivity index (χ3v) is 7.03. The van der Waals surface area contributed by atoms with Gasteiger partial charge in [-0.25, -0.2) is 13.6 Å². The van der Waals surface area contributed by atoms with Crippen molar-refractivity contribution in [3.8, 4) is 0 Å². The lowest BCUT2D eigenvalue weighted by Crippen LogP contribution is -2.42. The Balaban J connectivity index is 0.00000200. The quantitative estimate of drug-likeness (QED) is 0.317. The molecule has 6 nitrogen and oxygen atoms in total. The third-order valence-electron chi connectivity index (χ3n) is 7.03. The van der Waals surface area contributed by atoms with Gasteiger partial charge in [0.25, 0.3) is 5.56 Å². The largest absolute Gasteiger partial charge is 0.378 e. The first-order chi connectivity index (χ1) is 17.5. The molecule has 4 aromatic rings. The Morgan fingerprint density at radius 1 is 0.842 bits per heavy atom. The van der Waals surface area contributed by atoms with E-state index in [-0.39, 0.29) is 54.0 Å². The molecule has 0 saturated carbocycles. The Labute approximate surface area is 231 Å². The summed E-state index contributed by atoms with van der Waals surface area (Å²) in [6.07, 6.45) is 1.78. The van der Waals surface area contributed by atoms with E-state index in [0.29, 0.717) is 24.0 Å². The summed E-state index contributed by atoms with van der Waals surface area (Å²) in [6, 6.07) is 19.7. The van der Waals surface area contributed by atoms with Crippen LogP contribution in [0.1, 0.15) is 24.4 Å². The van der Waals surface area contributed by atoms with Crippen LogP contribution in [-0.4, -0.2) is 34.1 Å². The first kappa shape index (κ1) is 29.4. The van der Waals surface area contributed by atoms with Crippen molar-refractivity contribution in [2.75, 3.05) is 25.0 Å². The predicted molar refractivity (Wildman–Crippen MR) is 152 cm³/mol. The number of anilines is 1. The Bertz CT molecular complexity index is 1450. The molecular weight excluding hydrogens is 533 g/mol. The van der Waals surface area contributed by atoms with Crippen molar-refractivity contribution in [1.82, 2.24) is 14.5 Å². The van der Waals surface area contributed by atoms with Crippen LogP contribution in [0.5, 0.6) is 0 Å². The van der Waals surface area contributed by atoms with Crippen LogP contribution in [0.3, 0.4) is 0 Å². The topological polar surface area (TPSA) is 70.1 Å². The van der Waals surface area contributed by atoms with Gasteiger partial charge in [0.15, 0.2) is 0 Å². The fraction of sp³-hybridized carbons (Fsp3) is 0.286. The van der Waals surface area contributed by atoms with Gasteiger partial charge in [0, 0.05) is 18.8 Å². The molecule has 1 unspecified atom stereocenters. The van der Waals surface area contributed by atoms with Crippen molar-refractivity contribution in [2.45, 2.75) is 25.4 Å². The van der Waals surface area contributed by atoms with Crippen LogP contribution in [0.15, 0.2) is 82.4 Å². The van der Waals surface area contributed by atoms with Gasteiger partial charge in [0.1, 0.15) is 11.6 Å². The van der Waals surface area contributed by atoms with E-state index in [2.05, 4.69) is 15.2 Å². The number of hydrogen-bond donors (Lipinski definition) is 2. The van der Waals surface area contributed by atoms with E-state index < -0.39 is 5.69 Å². The molecule has 0 bridgehead atoms. The molecule has 1 saturated heterocycles. The molecular formula is C28H30Cl2F2N4O2. The second-order valence-electron chi connectivity index (χ2n) is 9.29. The van der Waals surface area contributed by atoms with E-state index >= 15 is 0 Å². The second kappa shape index (κ2) is 13.0. The van der Waals surface area contributed by atoms with Gasteiger partial charge in [0.05, 0.1) is 16.9 Å². The highest BCUT2D eigenvalue weighted by molar-refractivity contribution is 5.85. The van der Waals surface area contributed by atoms with E-state index in [1.165, 1.54) is 28.8 Å². The number of benzene rings is 3. The highest BCUT2D eigenvalue weighted by atomic mass is 35.5. The van der Waals surface area contributed by atoms with Crippen LogP contribution in [0.25, 0.3) is 10.9 Å². The zero-order valence-corrected chi connectivity index (χ0v) is 22.2. The summed E-state index contributed by atoms with van der Waals surface area (Å²) in [6.45, 7) is 2.54. The number of fused-ring (bicyclic) bond motifs is 1. The summed E-state index contributed by atoms with van der Waals surface area (Å²) in [7, 11) is 0. The maximum atomic E-state index is 13.6. The molecule has 1 aliphatic heterocycles. The summed E-state index contributed by atoms with van der Waals surface area (Å²) >= 11 is 0. The van der Waals surface area contributed by atoms with Gasteiger partial charge < -0.3 is 15.2 Å². The number of nitrogens with zero attached hydrogens (tertiary/aromatic N) is 2. The van der Waals surface area contributed by atoms with Crippen molar-refractivity contribution >= 4 is 41.4 Å². The lowest BCUT2D eigenvalue weighted by atomic mass is 9.85. The van der Waals surface area contributed by atoms with Gasteiger partial charge in [-0.15, -0.1) is 24.8 Å². The lowest BCUT2D eigenvalue weighted by molar-refractivity contribution is 0.167. The Morgan fingerprint density at radius 3 is 2.11 bits per heavy atom. The molecule has 1 aromatic heterocycles. The fourth-order valence-corrected chi connectivity index (χ4v) is 5.02. The molecule has 2 N–H and O–H groups in total. The van der Waals surface area contributed by atoms with Gasteiger partial charge in [-0.1, -0.05) is 24.3 Å². The molecule has 5 rings (SSSR count). The normalized spacial score (nSPS) is 14.9. The van der Waals surface area contributed by atoms with E-state index in [1.54, 1.807) is 48.5 Å². The standard InChI is InChI=1S/C28H28F2N4O2.2ClH/c29-21-7-5-19(6-8-21)26(31-23-11-9-22(30)10-12-23)20-13-15-33(16-14-20)17-18-34-27(35)24-3-1-2-4-25(24)32-28(34)36;;/h1-12,20,26,31H,13-18H2,(H,32,36);2*1H. The molecule has 1 aliphatic rings. The number of aromatic nitrogens is 2. The Morgan fingerprint density at radius 2 is 1.45 bits per heavy atom. The molecule has 0 spiro atoms. The van der Waals surface area contributed by atoms with Crippen LogP contribution in [0.2, 0.25) is 0 Å². The number of nitrogens with one attached hydrogen (secondary N) is 2. The number of likely N-dealkylation sites (tertiary alicyclic amines) is 1. The summed E-state index contributed by atoms with van der Waals surface area (Å²) in [5.74, 6) is -0.298. The summed E-state index contributed by atoms with van der Waals surface area (Å²) in [5, 5.41) is 4.02. The van der Waals surface area contributed by atoms with Crippen LogP contribution in [-0.2, 0) is 6.54 Å². The van der Waals surface area contributed by atoms with Gasteiger partial charge >= 0.3 is 5.69 Å². The van der Waals surface area contributed by atoms with Crippen molar-refractivity contribution in [3.05, 3.63) is 111 Å². The molecule has 0 aliphatic carbocycles. The molecule has 0 radical (unpaired) electrons.